The summed E-state index contributed by atoms with van der Waals surface area (Å²) in [6.45, 7) is 8.51. The maximum Gasteiger partial charge on any atom is 0.223 e. The van der Waals surface area contributed by atoms with Gasteiger partial charge in [-0.1, -0.05) is 25.4 Å². The van der Waals surface area contributed by atoms with Crippen molar-refractivity contribution in [3.05, 3.63) is 33.7 Å². The highest BCUT2D eigenvalue weighted by Crippen LogP contribution is 2.41. The van der Waals surface area contributed by atoms with Crippen molar-refractivity contribution in [2.45, 2.75) is 40.2 Å². The van der Waals surface area contributed by atoms with Gasteiger partial charge < -0.3 is 15.4 Å². The zero-order chi connectivity index (χ0) is 19.9. The molecule has 1 atom stereocenters. The van der Waals surface area contributed by atoms with Crippen LogP contribution in [0.25, 0.3) is 0 Å². The minimum Gasteiger partial charge on any atom is -0.496 e. The number of fused-ring (bicyclic) bond motifs is 1. The predicted molar refractivity (Wildman–Crippen MR) is 105 cm³/mol. The molecular weight excluding hydrogens is 366 g/mol. The summed E-state index contributed by atoms with van der Waals surface area (Å²) in [7, 11) is 1.64. The van der Waals surface area contributed by atoms with Crippen molar-refractivity contribution in [2.24, 2.45) is 5.92 Å². The normalized spacial score (nSPS) is 16.6. The number of hydrogen-bond donors (Lipinski definition) is 1. The zero-order valence-electron chi connectivity index (χ0n) is 16.2. The highest BCUT2D eigenvalue weighted by molar-refractivity contribution is 6.31. The quantitative estimate of drug-likeness (QED) is 0.803. The molecule has 0 spiro atoms. The minimum atomic E-state index is -0.342. The second-order valence-corrected chi connectivity index (χ2v) is 7.56. The standard InChI is InChI=1S/C19H24ClN5O2/c1-9(2)14-13(26)8-25(18-15(14)17(20)23-19(21)24-18)7-12-11(4)16(27-5)10(3)6-22-12/h6,9,14H,7-8H2,1-5H3,(H2,21,23,24). The van der Waals surface area contributed by atoms with Gasteiger partial charge >= 0.3 is 0 Å². The van der Waals surface area contributed by atoms with Crippen molar-refractivity contribution in [3.8, 4) is 5.75 Å². The number of carbonyl (C=O) groups excluding carboxylic acids is 1. The molecule has 1 unspecified atom stereocenters. The number of nitrogens with zero attached hydrogens (tertiary/aromatic N) is 4. The van der Waals surface area contributed by atoms with E-state index in [0.29, 0.717) is 17.9 Å². The Morgan fingerprint density at radius 3 is 2.70 bits per heavy atom. The Morgan fingerprint density at radius 1 is 1.37 bits per heavy atom. The van der Waals surface area contributed by atoms with Crippen LogP contribution in [0.2, 0.25) is 5.15 Å². The Labute approximate surface area is 163 Å². The number of carbonyl (C=O) groups is 1. The molecule has 0 saturated carbocycles. The summed E-state index contributed by atoms with van der Waals surface area (Å²) in [5.74, 6) is 1.32. The van der Waals surface area contributed by atoms with Crippen molar-refractivity contribution in [1.82, 2.24) is 15.0 Å². The first-order valence-corrected chi connectivity index (χ1v) is 9.22. The summed E-state index contributed by atoms with van der Waals surface area (Å²) in [6, 6.07) is 0. The van der Waals surface area contributed by atoms with Crippen LogP contribution in [0.3, 0.4) is 0 Å². The predicted octanol–water partition coefficient (Wildman–Crippen LogP) is 3.06. The molecule has 2 N–H and O–H groups in total. The van der Waals surface area contributed by atoms with Gasteiger partial charge in [0.05, 0.1) is 31.8 Å². The van der Waals surface area contributed by atoms with Crippen LogP contribution in [0.4, 0.5) is 11.8 Å². The van der Waals surface area contributed by atoms with Crippen LogP contribution < -0.4 is 15.4 Å². The summed E-state index contributed by atoms with van der Waals surface area (Å²) in [5, 5.41) is 0.236. The monoisotopic (exact) mass is 389 g/mol. The second-order valence-electron chi connectivity index (χ2n) is 7.20. The van der Waals surface area contributed by atoms with E-state index in [1.54, 1.807) is 13.3 Å². The number of nitrogens with two attached hydrogens (primary N) is 1. The summed E-state index contributed by atoms with van der Waals surface area (Å²) in [5.41, 5.74) is 9.19. The molecule has 0 amide bonds. The number of aryl methyl sites for hydroxylation is 1. The topological polar surface area (TPSA) is 94.2 Å². The number of nitrogen functional groups attached to an aromatic ring is 1. The van der Waals surface area contributed by atoms with Crippen molar-refractivity contribution < 1.29 is 9.53 Å². The van der Waals surface area contributed by atoms with Crippen LogP contribution in [-0.4, -0.2) is 34.4 Å². The largest absolute Gasteiger partial charge is 0.496 e. The van der Waals surface area contributed by atoms with Crippen LogP contribution in [0.15, 0.2) is 6.20 Å². The van der Waals surface area contributed by atoms with Gasteiger partial charge in [-0.15, -0.1) is 0 Å². The van der Waals surface area contributed by atoms with E-state index in [9.17, 15) is 4.79 Å². The number of anilines is 2. The maximum absolute atomic E-state index is 12.9. The molecular formula is C19H24ClN5O2. The molecule has 144 valence electrons. The van der Waals surface area contributed by atoms with Gasteiger partial charge in [0.25, 0.3) is 0 Å². The van der Waals surface area contributed by atoms with Crippen LogP contribution in [0, 0.1) is 19.8 Å². The van der Waals surface area contributed by atoms with Crippen molar-refractivity contribution in [3.63, 3.8) is 0 Å². The smallest absolute Gasteiger partial charge is 0.223 e. The van der Waals surface area contributed by atoms with E-state index in [2.05, 4.69) is 15.0 Å². The Hall–Kier alpha value is -2.41. The van der Waals surface area contributed by atoms with Gasteiger partial charge in [-0.05, 0) is 19.8 Å². The number of ether oxygens (including phenoxy) is 1. The third-order valence-corrected chi connectivity index (χ3v) is 5.25. The molecule has 0 aromatic carbocycles. The van der Waals surface area contributed by atoms with Gasteiger partial charge in [0, 0.05) is 22.9 Å². The van der Waals surface area contributed by atoms with Crippen molar-refractivity contribution >= 4 is 29.2 Å². The molecule has 0 aliphatic carbocycles. The molecule has 0 fully saturated rings. The maximum atomic E-state index is 12.9. The molecule has 3 rings (SSSR count). The Morgan fingerprint density at radius 2 is 2.07 bits per heavy atom. The Bertz CT molecular complexity index is 900. The summed E-state index contributed by atoms with van der Waals surface area (Å²) >= 11 is 6.37. The molecule has 3 heterocycles. The Kier molecular flexibility index (Phi) is 5.24. The molecule has 1 aliphatic heterocycles. The lowest BCUT2D eigenvalue weighted by atomic mass is 9.83. The first-order valence-electron chi connectivity index (χ1n) is 8.84. The van der Waals surface area contributed by atoms with Crippen LogP contribution in [0.1, 0.15) is 42.1 Å². The van der Waals surface area contributed by atoms with Gasteiger partial charge in [-0.3, -0.25) is 9.78 Å². The molecule has 8 heteroatoms. The highest BCUT2D eigenvalue weighted by atomic mass is 35.5. The average molecular weight is 390 g/mol. The van der Waals surface area contributed by atoms with Gasteiger partial charge in [-0.25, -0.2) is 4.98 Å². The molecule has 7 nitrogen and oxygen atoms in total. The number of rotatable bonds is 4. The number of pyridine rings is 1. The first-order chi connectivity index (χ1) is 12.7. The average Bonchev–Trinajstić information content (AvgIpc) is 2.58. The van der Waals surface area contributed by atoms with Crippen LogP contribution in [-0.2, 0) is 11.3 Å². The fourth-order valence-corrected chi connectivity index (χ4v) is 4.01. The van der Waals surface area contributed by atoms with Crippen molar-refractivity contribution in [1.29, 1.82) is 0 Å². The third-order valence-electron chi connectivity index (χ3n) is 4.96. The number of hydrogen-bond acceptors (Lipinski definition) is 7. The zero-order valence-corrected chi connectivity index (χ0v) is 17.0. The van der Waals surface area contributed by atoms with Crippen LogP contribution >= 0.6 is 11.6 Å². The van der Waals surface area contributed by atoms with Gasteiger partial charge in [-0.2, -0.15) is 4.98 Å². The number of ketones is 1. The number of methoxy groups -OCH3 is 1. The lowest BCUT2D eigenvalue weighted by Crippen LogP contribution is -2.41. The van der Waals surface area contributed by atoms with E-state index in [1.165, 1.54) is 0 Å². The SMILES string of the molecule is COc1c(C)cnc(CN2CC(=O)C(C(C)C)c3c(Cl)nc(N)nc32)c1C. The number of aromatic nitrogens is 3. The summed E-state index contributed by atoms with van der Waals surface area (Å²) < 4.78 is 5.49. The lowest BCUT2D eigenvalue weighted by molar-refractivity contribution is -0.120. The van der Waals surface area contributed by atoms with E-state index >= 15 is 0 Å². The number of Topliss-reactive ketones (excluding diaryl/α,β-unsaturated/α-hetero) is 1. The van der Waals surface area contributed by atoms with Gasteiger partial charge in [0.1, 0.15) is 16.7 Å². The van der Waals surface area contributed by atoms with E-state index in [4.69, 9.17) is 22.1 Å². The van der Waals surface area contributed by atoms with E-state index in [1.807, 2.05) is 32.6 Å². The summed E-state index contributed by atoms with van der Waals surface area (Å²) in [4.78, 5) is 27.7. The van der Waals surface area contributed by atoms with Crippen LogP contribution in [0.5, 0.6) is 5.75 Å². The molecule has 1 aliphatic rings. The first kappa shape index (κ1) is 19.4. The molecule has 0 bridgehead atoms. The molecule has 2 aromatic rings. The Balaban J connectivity index is 2.08. The fourth-order valence-electron chi connectivity index (χ4n) is 3.72. The van der Waals surface area contributed by atoms with Gasteiger partial charge in [0.2, 0.25) is 5.95 Å². The summed E-state index contributed by atoms with van der Waals surface area (Å²) in [6.07, 6.45) is 1.77. The second kappa shape index (κ2) is 7.31. The minimum absolute atomic E-state index is 0.0856. The van der Waals surface area contributed by atoms with E-state index < -0.39 is 0 Å². The molecule has 0 radical (unpaired) electrons. The van der Waals surface area contributed by atoms with E-state index in [0.717, 1.165) is 22.6 Å². The van der Waals surface area contributed by atoms with Crippen molar-refractivity contribution in [2.75, 3.05) is 24.3 Å². The van der Waals surface area contributed by atoms with E-state index in [-0.39, 0.29) is 35.3 Å². The highest BCUT2D eigenvalue weighted by Gasteiger charge is 2.38. The molecule has 27 heavy (non-hydrogen) atoms. The fraction of sp³-hybridized carbons (Fsp3) is 0.474. The lowest BCUT2D eigenvalue weighted by Gasteiger charge is -2.35. The number of halogens is 1. The van der Waals surface area contributed by atoms with Gasteiger partial charge in [0.15, 0.2) is 5.78 Å². The third kappa shape index (κ3) is 3.43. The molecule has 0 saturated heterocycles. The molecule has 2 aromatic heterocycles.